The fraction of sp³-hybridized carbons (Fsp3) is 0.621. The van der Waals surface area contributed by atoms with Crippen LogP contribution in [-0.2, 0) is 21.6 Å². The smallest absolute Gasteiger partial charge is 0.280 e. The lowest BCUT2D eigenvalue weighted by Gasteiger charge is -2.53. The Hall–Kier alpha value is -3.12. The van der Waals surface area contributed by atoms with Crippen LogP contribution in [0.4, 0.5) is 24.7 Å². The van der Waals surface area contributed by atoms with E-state index in [4.69, 9.17) is 4.74 Å². The lowest BCUT2D eigenvalue weighted by atomic mass is 9.86. The fourth-order valence-corrected chi connectivity index (χ4v) is 6.79. The van der Waals surface area contributed by atoms with E-state index in [-0.39, 0.29) is 18.2 Å². The lowest BCUT2D eigenvalue weighted by Crippen LogP contribution is -2.65. The highest BCUT2D eigenvalue weighted by Crippen LogP contribution is 2.45. The Kier molecular flexibility index (Phi) is 7.48. The number of anilines is 2. The van der Waals surface area contributed by atoms with E-state index < -0.39 is 24.7 Å². The number of piperazine rings is 1. The van der Waals surface area contributed by atoms with Crippen LogP contribution in [0.5, 0.6) is 0 Å². The minimum Gasteiger partial charge on any atom is -0.368 e. The van der Waals surface area contributed by atoms with Gasteiger partial charge in [-0.25, -0.2) is 18.2 Å². The average Bonchev–Trinajstić information content (AvgIpc) is 3.33. The van der Waals surface area contributed by atoms with Gasteiger partial charge in [0, 0.05) is 62.6 Å². The SMILES string of the molecule is C=CC(=O)N1CCN(C2CN(c3cc(N4CC5(C4)OCC(CF)n4ncc(C)c45)nc(C(F)F)c3CCC)C2)CC1. The molecule has 1 unspecified atom stereocenters. The van der Waals surface area contributed by atoms with Gasteiger partial charge in [0.2, 0.25) is 5.91 Å². The van der Waals surface area contributed by atoms with Gasteiger partial charge >= 0.3 is 0 Å². The maximum Gasteiger partial charge on any atom is 0.280 e. The number of hydrogen-bond acceptors (Lipinski definition) is 7. The number of aryl methyl sites for hydroxylation is 1. The molecule has 0 N–H and O–H groups in total. The second-order valence-corrected chi connectivity index (χ2v) is 11.6. The number of rotatable bonds is 8. The number of ether oxygens (including phenoxy) is 1. The number of hydrogen-bond donors (Lipinski definition) is 0. The Morgan fingerprint density at radius 2 is 1.95 bits per heavy atom. The van der Waals surface area contributed by atoms with E-state index in [0.29, 0.717) is 50.0 Å². The maximum absolute atomic E-state index is 14.4. The van der Waals surface area contributed by atoms with Crippen LogP contribution in [0.2, 0.25) is 0 Å². The lowest BCUT2D eigenvalue weighted by molar-refractivity contribution is -0.128. The Balaban J connectivity index is 1.21. The van der Waals surface area contributed by atoms with Crippen LogP contribution in [0, 0.1) is 6.92 Å². The zero-order valence-corrected chi connectivity index (χ0v) is 23.7. The number of fused-ring (bicyclic) bond motifs is 2. The molecule has 41 heavy (non-hydrogen) atoms. The molecule has 0 aliphatic carbocycles. The van der Waals surface area contributed by atoms with Crippen LogP contribution in [-0.4, -0.2) is 102 Å². The van der Waals surface area contributed by atoms with E-state index >= 15 is 0 Å². The molecule has 4 aliphatic heterocycles. The van der Waals surface area contributed by atoms with Crippen molar-refractivity contribution in [2.45, 2.75) is 50.8 Å². The van der Waals surface area contributed by atoms with Gasteiger partial charge in [0.25, 0.3) is 6.43 Å². The summed E-state index contributed by atoms with van der Waals surface area (Å²) in [6.07, 6.45) is 1.68. The fourth-order valence-electron chi connectivity index (χ4n) is 6.79. The molecule has 1 atom stereocenters. The third-order valence-electron chi connectivity index (χ3n) is 9.05. The number of pyridine rings is 1. The van der Waals surface area contributed by atoms with Crippen LogP contribution >= 0.6 is 0 Å². The summed E-state index contributed by atoms with van der Waals surface area (Å²) < 4.78 is 50.4. The number of nitrogens with zero attached hydrogens (tertiary/aromatic N) is 7. The summed E-state index contributed by atoms with van der Waals surface area (Å²) in [5.41, 5.74) is 2.44. The van der Waals surface area contributed by atoms with Gasteiger partial charge in [0.05, 0.1) is 31.6 Å². The van der Waals surface area contributed by atoms with Gasteiger partial charge in [0.15, 0.2) is 0 Å². The van der Waals surface area contributed by atoms with Crippen molar-refractivity contribution in [3.63, 3.8) is 0 Å². The molecule has 6 rings (SSSR count). The predicted octanol–water partition coefficient (Wildman–Crippen LogP) is 3.25. The van der Waals surface area contributed by atoms with Crippen molar-refractivity contribution in [3.8, 4) is 0 Å². The normalized spacial score (nSPS) is 22.6. The van der Waals surface area contributed by atoms with Crippen molar-refractivity contribution >= 4 is 17.4 Å². The molecule has 0 radical (unpaired) electrons. The van der Waals surface area contributed by atoms with Gasteiger partial charge in [-0.1, -0.05) is 19.9 Å². The number of halogens is 3. The van der Waals surface area contributed by atoms with E-state index in [1.165, 1.54) is 6.08 Å². The summed E-state index contributed by atoms with van der Waals surface area (Å²) in [6, 6.07) is 1.82. The number of aromatic nitrogens is 3. The zero-order valence-electron chi connectivity index (χ0n) is 23.7. The topological polar surface area (TPSA) is 70.0 Å². The van der Waals surface area contributed by atoms with Gasteiger partial charge in [-0.2, -0.15) is 5.10 Å². The number of alkyl halides is 3. The van der Waals surface area contributed by atoms with Crippen molar-refractivity contribution in [2.75, 3.05) is 75.4 Å². The van der Waals surface area contributed by atoms with Crippen LogP contribution in [0.15, 0.2) is 24.9 Å². The highest BCUT2D eigenvalue weighted by molar-refractivity contribution is 5.87. The van der Waals surface area contributed by atoms with Crippen LogP contribution in [0.25, 0.3) is 0 Å². The second-order valence-electron chi connectivity index (χ2n) is 11.6. The predicted molar refractivity (Wildman–Crippen MR) is 149 cm³/mol. The van der Waals surface area contributed by atoms with Crippen molar-refractivity contribution in [1.29, 1.82) is 0 Å². The van der Waals surface area contributed by atoms with E-state index in [9.17, 15) is 18.0 Å². The van der Waals surface area contributed by atoms with Gasteiger partial charge in [-0.05, 0) is 25.0 Å². The van der Waals surface area contributed by atoms with Gasteiger partial charge in [0.1, 0.15) is 29.8 Å². The standard InChI is InChI=1S/C29H38F3N7O2/c1-4-6-22-23(37-14-21(15-37)35-7-9-36(10-8-35)25(40)5-2)11-24(34-26(22)28(31)32)38-17-29(18-38)27-19(3)13-33-39(27)20(12-30)16-41-29/h5,11,13,20-21,28H,2,4,6-10,12,14-18H2,1,3H3. The molecule has 0 aromatic carbocycles. The molecule has 1 amide bonds. The maximum atomic E-state index is 14.4. The molecule has 9 nitrogen and oxygen atoms in total. The minimum atomic E-state index is -2.68. The van der Waals surface area contributed by atoms with E-state index in [2.05, 4.69) is 26.5 Å². The number of carbonyl (C=O) groups is 1. The summed E-state index contributed by atoms with van der Waals surface area (Å²) in [5, 5.41) is 4.40. The highest BCUT2D eigenvalue weighted by Gasteiger charge is 2.53. The van der Waals surface area contributed by atoms with Gasteiger partial charge < -0.3 is 19.4 Å². The average molecular weight is 574 g/mol. The zero-order chi connectivity index (χ0) is 28.9. The van der Waals surface area contributed by atoms with E-state index in [1.54, 1.807) is 10.9 Å². The van der Waals surface area contributed by atoms with Crippen molar-refractivity contribution in [2.24, 2.45) is 0 Å². The molecule has 6 heterocycles. The van der Waals surface area contributed by atoms with Crippen molar-refractivity contribution < 1.29 is 22.7 Å². The monoisotopic (exact) mass is 573 g/mol. The van der Waals surface area contributed by atoms with Crippen molar-refractivity contribution in [3.05, 3.63) is 47.4 Å². The molecule has 3 fully saturated rings. The molecule has 2 aromatic rings. The van der Waals surface area contributed by atoms with Crippen LogP contribution in [0.1, 0.15) is 48.3 Å². The molecule has 2 aromatic heterocycles. The Morgan fingerprint density at radius 3 is 2.59 bits per heavy atom. The summed E-state index contributed by atoms with van der Waals surface area (Å²) in [6.45, 7) is 12.5. The molecule has 4 aliphatic rings. The van der Waals surface area contributed by atoms with Crippen LogP contribution in [0.3, 0.4) is 0 Å². The number of amides is 1. The van der Waals surface area contributed by atoms with Crippen LogP contribution < -0.4 is 9.80 Å². The van der Waals surface area contributed by atoms with Crippen molar-refractivity contribution in [1.82, 2.24) is 24.6 Å². The molecule has 1 spiro atoms. The largest absolute Gasteiger partial charge is 0.368 e. The second kappa shape index (κ2) is 10.9. The third-order valence-corrected chi connectivity index (χ3v) is 9.05. The number of carbonyl (C=O) groups excluding carboxylic acids is 1. The summed E-state index contributed by atoms with van der Waals surface area (Å²) in [4.78, 5) is 24.8. The summed E-state index contributed by atoms with van der Waals surface area (Å²) in [5.74, 6) is 0.474. The first kappa shape index (κ1) is 28.0. The van der Waals surface area contributed by atoms with E-state index in [1.807, 2.05) is 29.7 Å². The molecule has 12 heteroatoms. The quantitative estimate of drug-likeness (QED) is 0.449. The molecule has 3 saturated heterocycles. The summed E-state index contributed by atoms with van der Waals surface area (Å²) >= 11 is 0. The molecule has 222 valence electrons. The van der Waals surface area contributed by atoms with E-state index in [0.717, 1.165) is 49.5 Å². The first-order chi connectivity index (χ1) is 19.8. The highest BCUT2D eigenvalue weighted by atomic mass is 19.3. The molecule has 0 saturated carbocycles. The van der Waals surface area contributed by atoms with Gasteiger partial charge in [-0.3, -0.25) is 14.4 Å². The van der Waals surface area contributed by atoms with Gasteiger partial charge in [-0.15, -0.1) is 0 Å². The minimum absolute atomic E-state index is 0.0406. The summed E-state index contributed by atoms with van der Waals surface area (Å²) in [7, 11) is 0. The first-order valence-corrected chi connectivity index (χ1v) is 14.5. The molecular formula is C29H38F3N7O2. The molecule has 0 bridgehead atoms. The Morgan fingerprint density at radius 1 is 1.22 bits per heavy atom. The Bertz CT molecular complexity index is 1300. The third kappa shape index (κ3) is 4.78. The molecular weight excluding hydrogens is 535 g/mol. The first-order valence-electron chi connectivity index (χ1n) is 14.5. The Labute approximate surface area is 238 Å².